The second-order valence-corrected chi connectivity index (χ2v) is 8.20. The van der Waals surface area contributed by atoms with E-state index in [-0.39, 0.29) is 12.3 Å². The molecule has 4 nitrogen and oxygen atoms in total. The number of hydrogen-bond donors (Lipinski definition) is 0. The number of nitrogens with zero attached hydrogens (tertiary/aromatic N) is 3. The third-order valence-electron chi connectivity index (χ3n) is 2.92. The lowest BCUT2D eigenvalue weighted by atomic mass is 10.1. The lowest BCUT2D eigenvalue weighted by Gasteiger charge is -2.07. The molecule has 0 unspecified atom stereocenters. The van der Waals surface area contributed by atoms with Crippen molar-refractivity contribution in [2.45, 2.75) is 25.9 Å². The van der Waals surface area contributed by atoms with Gasteiger partial charge in [-0.3, -0.25) is 0 Å². The Morgan fingerprint density at radius 1 is 1.47 bits per heavy atom. The highest BCUT2D eigenvalue weighted by Crippen LogP contribution is 2.20. The molecule has 1 heterocycles. The summed E-state index contributed by atoms with van der Waals surface area (Å²) in [6.45, 7) is 5.46. The van der Waals surface area contributed by atoms with Crippen molar-refractivity contribution in [3.8, 4) is 6.07 Å². The van der Waals surface area contributed by atoms with Crippen LogP contribution in [-0.4, -0.2) is 25.2 Å². The number of halogens is 1. The summed E-state index contributed by atoms with van der Waals surface area (Å²) in [7, 11) is -0.621. The Hall–Kier alpha value is -1.71. The van der Waals surface area contributed by atoms with Gasteiger partial charge in [0, 0.05) is 20.8 Å². The van der Waals surface area contributed by atoms with Crippen molar-refractivity contribution >= 4 is 19.7 Å². The maximum atomic E-state index is 13.6. The number of aromatic nitrogens is 2. The van der Waals surface area contributed by atoms with Gasteiger partial charge in [-0.25, -0.2) is 9.07 Å². The Kier molecular flexibility index (Phi) is 4.30. The molecule has 0 fully saturated rings. The highest BCUT2D eigenvalue weighted by atomic mass is 28.3. The van der Waals surface area contributed by atoms with Gasteiger partial charge in [0.15, 0.2) is 0 Å². The molecule has 0 aliphatic rings. The lowest BCUT2D eigenvalue weighted by molar-refractivity contribution is 0.0820. The molecule has 100 valence electrons. The number of nitriles is 1. The van der Waals surface area contributed by atoms with E-state index in [0.717, 1.165) is 11.4 Å². The second-order valence-electron chi connectivity index (χ2n) is 4.84. The molecule has 0 N–H and O–H groups in total. The molecule has 0 spiro atoms. The number of benzene rings is 1. The molecular formula is C13H16FN3OSi. The molecule has 0 saturated heterocycles. The SMILES string of the molecule is C[SiH](C)CCOCn1ncc2ccc(F)c(C#N)c21. The van der Waals surface area contributed by atoms with E-state index in [1.807, 2.05) is 6.07 Å². The van der Waals surface area contributed by atoms with E-state index >= 15 is 0 Å². The Balaban J connectivity index is 2.20. The highest BCUT2D eigenvalue weighted by molar-refractivity contribution is 6.55. The van der Waals surface area contributed by atoms with Gasteiger partial charge in [0.2, 0.25) is 0 Å². The van der Waals surface area contributed by atoms with Gasteiger partial charge in [-0.15, -0.1) is 0 Å². The summed E-state index contributed by atoms with van der Waals surface area (Å²) >= 11 is 0. The van der Waals surface area contributed by atoms with Gasteiger partial charge in [0.25, 0.3) is 0 Å². The molecule has 1 aromatic carbocycles. The number of rotatable bonds is 5. The van der Waals surface area contributed by atoms with Crippen molar-refractivity contribution in [1.29, 1.82) is 5.26 Å². The van der Waals surface area contributed by atoms with Crippen LogP contribution in [0.4, 0.5) is 4.39 Å². The molecule has 0 aliphatic carbocycles. The fourth-order valence-electron chi connectivity index (χ4n) is 1.83. The van der Waals surface area contributed by atoms with E-state index in [1.54, 1.807) is 16.9 Å². The zero-order valence-electron chi connectivity index (χ0n) is 11.1. The monoisotopic (exact) mass is 277 g/mol. The zero-order valence-corrected chi connectivity index (χ0v) is 12.2. The maximum Gasteiger partial charge on any atom is 0.143 e. The zero-order chi connectivity index (χ0) is 13.8. The van der Waals surface area contributed by atoms with Crippen molar-refractivity contribution < 1.29 is 9.13 Å². The van der Waals surface area contributed by atoms with E-state index < -0.39 is 14.6 Å². The minimum Gasteiger partial charge on any atom is -0.360 e. The van der Waals surface area contributed by atoms with Gasteiger partial charge in [-0.1, -0.05) is 13.1 Å². The van der Waals surface area contributed by atoms with E-state index in [4.69, 9.17) is 10.00 Å². The number of hydrogen-bond acceptors (Lipinski definition) is 3. The summed E-state index contributed by atoms with van der Waals surface area (Å²) in [5, 5.41) is 13.9. The van der Waals surface area contributed by atoms with Gasteiger partial charge >= 0.3 is 0 Å². The third kappa shape index (κ3) is 3.00. The van der Waals surface area contributed by atoms with Gasteiger partial charge in [0.1, 0.15) is 24.2 Å². The molecule has 0 amide bonds. The Morgan fingerprint density at radius 3 is 2.95 bits per heavy atom. The maximum absolute atomic E-state index is 13.6. The average molecular weight is 277 g/mol. The van der Waals surface area contributed by atoms with E-state index in [9.17, 15) is 4.39 Å². The first-order valence-corrected chi connectivity index (χ1v) is 9.38. The van der Waals surface area contributed by atoms with Crippen LogP contribution >= 0.6 is 0 Å². The first kappa shape index (κ1) is 13.7. The van der Waals surface area contributed by atoms with Crippen LogP contribution in [-0.2, 0) is 11.5 Å². The topological polar surface area (TPSA) is 50.8 Å². The Bertz CT molecular complexity index is 618. The van der Waals surface area contributed by atoms with Crippen LogP contribution in [0.5, 0.6) is 0 Å². The minimum absolute atomic E-state index is 0.0248. The van der Waals surface area contributed by atoms with E-state index in [1.165, 1.54) is 6.07 Å². The summed E-state index contributed by atoms with van der Waals surface area (Å²) in [6, 6.07) is 5.90. The number of ether oxygens (including phenoxy) is 1. The van der Waals surface area contributed by atoms with Crippen molar-refractivity contribution in [3.05, 3.63) is 29.7 Å². The van der Waals surface area contributed by atoms with Crippen molar-refractivity contribution in [2.24, 2.45) is 0 Å². The van der Waals surface area contributed by atoms with Crippen LogP contribution < -0.4 is 0 Å². The predicted octanol–water partition coefficient (Wildman–Crippen LogP) is 2.51. The summed E-state index contributed by atoms with van der Waals surface area (Å²) in [6.07, 6.45) is 1.62. The molecule has 0 saturated carbocycles. The van der Waals surface area contributed by atoms with Crippen LogP contribution in [0.1, 0.15) is 5.56 Å². The second kappa shape index (κ2) is 5.95. The van der Waals surface area contributed by atoms with Crippen LogP contribution in [0.3, 0.4) is 0 Å². The van der Waals surface area contributed by atoms with Crippen molar-refractivity contribution in [2.75, 3.05) is 6.61 Å². The van der Waals surface area contributed by atoms with Gasteiger partial charge in [-0.2, -0.15) is 10.4 Å². The molecule has 0 atom stereocenters. The lowest BCUT2D eigenvalue weighted by Crippen LogP contribution is -2.10. The van der Waals surface area contributed by atoms with E-state index in [0.29, 0.717) is 12.1 Å². The predicted molar refractivity (Wildman–Crippen MR) is 74.0 cm³/mol. The normalized spacial score (nSPS) is 11.1. The molecule has 2 rings (SSSR count). The number of fused-ring (bicyclic) bond motifs is 1. The van der Waals surface area contributed by atoms with Gasteiger partial charge in [0.05, 0.1) is 11.7 Å². The quantitative estimate of drug-likeness (QED) is 0.623. The summed E-state index contributed by atoms with van der Waals surface area (Å²) in [4.78, 5) is 0. The third-order valence-corrected chi connectivity index (χ3v) is 4.31. The van der Waals surface area contributed by atoms with Crippen LogP contribution in [0.2, 0.25) is 19.1 Å². The Morgan fingerprint density at radius 2 is 2.26 bits per heavy atom. The first-order chi connectivity index (χ1) is 9.13. The van der Waals surface area contributed by atoms with Crippen molar-refractivity contribution in [3.63, 3.8) is 0 Å². The summed E-state index contributed by atoms with van der Waals surface area (Å²) in [5.74, 6) is -0.522. The van der Waals surface area contributed by atoms with Gasteiger partial charge < -0.3 is 4.74 Å². The molecule has 6 heteroatoms. The summed E-state index contributed by atoms with van der Waals surface area (Å²) < 4.78 is 20.7. The molecular weight excluding hydrogens is 261 g/mol. The molecule has 0 bridgehead atoms. The first-order valence-electron chi connectivity index (χ1n) is 6.25. The molecule has 1 aromatic heterocycles. The molecule has 2 aromatic rings. The minimum atomic E-state index is -0.621. The van der Waals surface area contributed by atoms with Gasteiger partial charge in [-0.05, 0) is 18.2 Å². The highest BCUT2D eigenvalue weighted by Gasteiger charge is 2.12. The van der Waals surface area contributed by atoms with Crippen molar-refractivity contribution in [1.82, 2.24) is 9.78 Å². The smallest absolute Gasteiger partial charge is 0.143 e. The Labute approximate surface area is 113 Å². The fraction of sp³-hybridized carbons (Fsp3) is 0.385. The largest absolute Gasteiger partial charge is 0.360 e. The molecule has 19 heavy (non-hydrogen) atoms. The van der Waals surface area contributed by atoms with Crippen LogP contribution in [0.15, 0.2) is 18.3 Å². The fourth-order valence-corrected chi connectivity index (χ4v) is 2.47. The average Bonchev–Trinajstić information content (AvgIpc) is 2.78. The molecule has 0 radical (unpaired) electrons. The standard InChI is InChI=1S/C13H16FN3OSi/c1-19(2)6-5-18-9-17-13-10(8-16-17)3-4-12(14)11(13)7-15/h3-4,8,19H,5-6,9H2,1-2H3. The van der Waals surface area contributed by atoms with Crippen LogP contribution in [0.25, 0.3) is 10.9 Å². The summed E-state index contributed by atoms with van der Waals surface area (Å²) in [5.41, 5.74) is 0.529. The van der Waals surface area contributed by atoms with Crippen LogP contribution in [0, 0.1) is 17.1 Å². The van der Waals surface area contributed by atoms with E-state index in [2.05, 4.69) is 18.2 Å². The molecule has 0 aliphatic heterocycles.